The first-order valence-corrected chi connectivity index (χ1v) is 6.50. The average Bonchev–Trinajstić information content (AvgIpc) is 2.31. The molecule has 2 rings (SSSR count). The summed E-state index contributed by atoms with van der Waals surface area (Å²) in [5, 5.41) is 0. The summed E-state index contributed by atoms with van der Waals surface area (Å²) in [6.45, 7) is 0. The Kier molecular flexibility index (Phi) is 3.99. The Balaban J connectivity index is 2.12. The molecule has 86 valence electrons. The molecule has 0 amide bonds. The summed E-state index contributed by atoms with van der Waals surface area (Å²) in [5.41, 5.74) is 0.633. The van der Waals surface area contributed by atoms with Gasteiger partial charge in [0, 0.05) is 4.47 Å². The van der Waals surface area contributed by atoms with Crippen molar-refractivity contribution in [2.24, 2.45) is 0 Å². The van der Waals surface area contributed by atoms with E-state index in [1.54, 1.807) is 6.07 Å². The number of aldehydes is 1. The molecule has 0 aliphatic heterocycles. The SMILES string of the molecule is O=Cc1ccc(Br)cc1OC1CCCCC1. The summed E-state index contributed by atoms with van der Waals surface area (Å²) in [6, 6.07) is 5.52. The molecule has 0 N–H and O–H groups in total. The van der Waals surface area contributed by atoms with E-state index in [2.05, 4.69) is 15.9 Å². The lowest BCUT2D eigenvalue weighted by molar-refractivity contribution is 0.111. The highest BCUT2D eigenvalue weighted by molar-refractivity contribution is 9.10. The molecule has 1 aromatic rings. The molecule has 3 heteroatoms. The number of hydrogen-bond acceptors (Lipinski definition) is 2. The van der Waals surface area contributed by atoms with Crippen molar-refractivity contribution in [2.75, 3.05) is 0 Å². The van der Waals surface area contributed by atoms with Crippen LogP contribution in [0.5, 0.6) is 5.75 Å². The Morgan fingerprint density at radius 3 is 2.69 bits per heavy atom. The highest BCUT2D eigenvalue weighted by Gasteiger charge is 2.16. The van der Waals surface area contributed by atoms with Crippen LogP contribution >= 0.6 is 15.9 Å². The second kappa shape index (κ2) is 5.48. The Morgan fingerprint density at radius 2 is 2.00 bits per heavy atom. The molecule has 1 aliphatic rings. The lowest BCUT2D eigenvalue weighted by Crippen LogP contribution is -2.20. The number of hydrogen-bond donors (Lipinski definition) is 0. The van der Waals surface area contributed by atoms with Crippen molar-refractivity contribution < 1.29 is 9.53 Å². The number of halogens is 1. The van der Waals surface area contributed by atoms with Crippen molar-refractivity contribution in [3.63, 3.8) is 0 Å². The highest BCUT2D eigenvalue weighted by atomic mass is 79.9. The van der Waals surface area contributed by atoms with E-state index in [4.69, 9.17) is 4.74 Å². The van der Waals surface area contributed by atoms with Crippen molar-refractivity contribution >= 4 is 22.2 Å². The summed E-state index contributed by atoms with van der Waals surface area (Å²) in [6.07, 6.45) is 7.10. The van der Waals surface area contributed by atoms with Crippen LogP contribution in [0.4, 0.5) is 0 Å². The molecule has 0 atom stereocenters. The molecule has 1 fully saturated rings. The zero-order valence-corrected chi connectivity index (χ0v) is 10.7. The number of carbonyl (C=O) groups is 1. The van der Waals surface area contributed by atoms with E-state index in [0.717, 1.165) is 23.6 Å². The quantitative estimate of drug-likeness (QED) is 0.784. The van der Waals surface area contributed by atoms with Gasteiger partial charge in [0.05, 0.1) is 11.7 Å². The minimum absolute atomic E-state index is 0.279. The van der Waals surface area contributed by atoms with Crippen LogP contribution in [0, 0.1) is 0 Å². The molecular weight excluding hydrogens is 268 g/mol. The Labute approximate surface area is 104 Å². The zero-order valence-electron chi connectivity index (χ0n) is 9.12. The van der Waals surface area contributed by atoms with Crippen LogP contribution in [-0.2, 0) is 0 Å². The van der Waals surface area contributed by atoms with E-state index in [-0.39, 0.29) is 6.10 Å². The summed E-state index contributed by atoms with van der Waals surface area (Å²) in [5.74, 6) is 0.705. The summed E-state index contributed by atoms with van der Waals surface area (Å²) in [4.78, 5) is 10.9. The number of ether oxygens (including phenoxy) is 1. The van der Waals surface area contributed by atoms with E-state index in [9.17, 15) is 4.79 Å². The first-order chi connectivity index (χ1) is 7.79. The van der Waals surface area contributed by atoms with Gasteiger partial charge in [-0.3, -0.25) is 4.79 Å². The van der Waals surface area contributed by atoms with Gasteiger partial charge in [0.1, 0.15) is 5.75 Å². The maximum atomic E-state index is 10.9. The second-order valence-corrected chi connectivity index (χ2v) is 5.09. The van der Waals surface area contributed by atoms with Gasteiger partial charge in [-0.15, -0.1) is 0 Å². The first-order valence-electron chi connectivity index (χ1n) is 5.71. The molecule has 0 bridgehead atoms. The molecule has 1 aliphatic carbocycles. The van der Waals surface area contributed by atoms with Crippen LogP contribution < -0.4 is 4.74 Å². The van der Waals surface area contributed by atoms with E-state index < -0.39 is 0 Å². The molecule has 1 aromatic carbocycles. The van der Waals surface area contributed by atoms with Gasteiger partial charge in [-0.25, -0.2) is 0 Å². The fraction of sp³-hybridized carbons (Fsp3) is 0.462. The zero-order chi connectivity index (χ0) is 11.4. The summed E-state index contributed by atoms with van der Waals surface area (Å²) >= 11 is 3.39. The normalized spacial score (nSPS) is 17.1. The van der Waals surface area contributed by atoms with Crippen LogP contribution in [-0.4, -0.2) is 12.4 Å². The smallest absolute Gasteiger partial charge is 0.153 e. The fourth-order valence-electron chi connectivity index (χ4n) is 2.07. The van der Waals surface area contributed by atoms with Crippen LogP contribution in [0.3, 0.4) is 0 Å². The maximum Gasteiger partial charge on any atom is 0.153 e. The number of benzene rings is 1. The standard InChI is InChI=1S/C13H15BrO2/c14-11-7-6-10(9-15)13(8-11)16-12-4-2-1-3-5-12/h6-9,12H,1-5H2. The largest absolute Gasteiger partial charge is 0.490 e. The van der Waals surface area contributed by atoms with Crippen molar-refractivity contribution in [1.82, 2.24) is 0 Å². The van der Waals surface area contributed by atoms with Gasteiger partial charge >= 0.3 is 0 Å². The maximum absolute atomic E-state index is 10.9. The van der Waals surface area contributed by atoms with Gasteiger partial charge < -0.3 is 4.74 Å². The van der Waals surface area contributed by atoms with E-state index in [1.165, 1.54) is 19.3 Å². The Hall–Kier alpha value is -0.830. The third-order valence-corrected chi connectivity index (χ3v) is 3.44. The average molecular weight is 283 g/mol. The third kappa shape index (κ3) is 2.85. The first kappa shape index (κ1) is 11.6. The highest BCUT2D eigenvalue weighted by Crippen LogP contribution is 2.27. The lowest BCUT2D eigenvalue weighted by atomic mass is 9.98. The number of carbonyl (C=O) groups excluding carboxylic acids is 1. The van der Waals surface area contributed by atoms with Crippen molar-refractivity contribution in [1.29, 1.82) is 0 Å². The van der Waals surface area contributed by atoms with Gasteiger partial charge in [0.15, 0.2) is 6.29 Å². The fourth-order valence-corrected chi connectivity index (χ4v) is 2.41. The van der Waals surface area contributed by atoms with Crippen LogP contribution in [0.2, 0.25) is 0 Å². The van der Waals surface area contributed by atoms with Gasteiger partial charge in [-0.2, -0.15) is 0 Å². The predicted octanol–water partition coefficient (Wildman–Crippen LogP) is 3.97. The van der Waals surface area contributed by atoms with Gasteiger partial charge in [-0.05, 0) is 43.9 Å². The minimum atomic E-state index is 0.279. The van der Waals surface area contributed by atoms with Gasteiger partial charge in [-0.1, -0.05) is 22.4 Å². The summed E-state index contributed by atoms with van der Waals surface area (Å²) in [7, 11) is 0. The summed E-state index contributed by atoms with van der Waals surface area (Å²) < 4.78 is 6.84. The molecule has 2 nitrogen and oxygen atoms in total. The molecule has 0 radical (unpaired) electrons. The van der Waals surface area contributed by atoms with Crippen LogP contribution in [0.1, 0.15) is 42.5 Å². The van der Waals surface area contributed by atoms with Crippen molar-refractivity contribution in [3.8, 4) is 5.75 Å². The minimum Gasteiger partial charge on any atom is -0.490 e. The lowest BCUT2D eigenvalue weighted by Gasteiger charge is -2.23. The predicted molar refractivity (Wildman–Crippen MR) is 67.0 cm³/mol. The topological polar surface area (TPSA) is 26.3 Å². The third-order valence-electron chi connectivity index (χ3n) is 2.95. The molecule has 1 saturated carbocycles. The molecule has 0 spiro atoms. The Morgan fingerprint density at radius 1 is 1.25 bits per heavy atom. The van der Waals surface area contributed by atoms with E-state index in [1.807, 2.05) is 12.1 Å². The second-order valence-electron chi connectivity index (χ2n) is 4.18. The molecule has 0 saturated heterocycles. The molecule has 16 heavy (non-hydrogen) atoms. The van der Waals surface area contributed by atoms with Crippen molar-refractivity contribution in [2.45, 2.75) is 38.2 Å². The van der Waals surface area contributed by atoms with Crippen molar-refractivity contribution in [3.05, 3.63) is 28.2 Å². The Bertz CT molecular complexity index is 370. The van der Waals surface area contributed by atoms with Gasteiger partial charge in [0.2, 0.25) is 0 Å². The molecular formula is C13H15BrO2. The monoisotopic (exact) mass is 282 g/mol. The molecule has 0 heterocycles. The van der Waals surface area contributed by atoms with E-state index in [0.29, 0.717) is 11.3 Å². The van der Waals surface area contributed by atoms with Gasteiger partial charge in [0.25, 0.3) is 0 Å². The molecule has 0 unspecified atom stereocenters. The number of rotatable bonds is 3. The van der Waals surface area contributed by atoms with Crippen LogP contribution in [0.15, 0.2) is 22.7 Å². The molecule has 0 aromatic heterocycles. The van der Waals surface area contributed by atoms with E-state index >= 15 is 0 Å². The van der Waals surface area contributed by atoms with Crippen LogP contribution in [0.25, 0.3) is 0 Å².